The smallest absolute Gasteiger partial charge is 0.123 e. The lowest BCUT2D eigenvalue weighted by Gasteiger charge is -2.23. The van der Waals surface area contributed by atoms with E-state index in [1.54, 1.807) is 0 Å². The van der Waals surface area contributed by atoms with Gasteiger partial charge in [0.05, 0.1) is 6.54 Å². The summed E-state index contributed by atoms with van der Waals surface area (Å²) in [6.07, 6.45) is 5.30. The minimum absolute atomic E-state index is 0.710. The van der Waals surface area contributed by atoms with Gasteiger partial charge < -0.3 is 4.57 Å². The van der Waals surface area contributed by atoms with E-state index in [9.17, 15) is 0 Å². The van der Waals surface area contributed by atoms with Crippen molar-refractivity contribution in [2.24, 2.45) is 0 Å². The summed E-state index contributed by atoms with van der Waals surface area (Å²) >= 11 is 2.06. The van der Waals surface area contributed by atoms with Crippen LogP contribution >= 0.6 is 11.8 Å². The Labute approximate surface area is 125 Å². The first-order valence-corrected chi connectivity index (χ1v) is 8.30. The molecule has 0 N–H and O–H groups in total. The first-order chi connectivity index (χ1) is 9.83. The van der Waals surface area contributed by atoms with Crippen molar-refractivity contribution in [3.05, 3.63) is 54.1 Å². The Morgan fingerprint density at radius 2 is 2.20 bits per heavy atom. The highest BCUT2D eigenvalue weighted by molar-refractivity contribution is 7.99. The molecule has 106 valence electrons. The summed E-state index contributed by atoms with van der Waals surface area (Å²) < 4.78 is 2.26. The van der Waals surface area contributed by atoms with E-state index in [-0.39, 0.29) is 0 Å². The van der Waals surface area contributed by atoms with Crippen LogP contribution in [0.3, 0.4) is 0 Å². The van der Waals surface area contributed by atoms with Gasteiger partial charge >= 0.3 is 0 Å². The molecule has 0 spiro atoms. The normalized spacial score (nSPS) is 18.8. The molecule has 2 aromatic rings. The van der Waals surface area contributed by atoms with Crippen LogP contribution in [0.15, 0.2) is 42.7 Å². The molecule has 1 fully saturated rings. The van der Waals surface area contributed by atoms with E-state index in [4.69, 9.17) is 0 Å². The van der Waals surface area contributed by atoms with Gasteiger partial charge in [0.15, 0.2) is 0 Å². The minimum atomic E-state index is 0.710. The van der Waals surface area contributed by atoms with Gasteiger partial charge in [0.25, 0.3) is 0 Å². The molecule has 0 unspecified atom stereocenters. The molecular formula is C16H21N3S. The predicted octanol–water partition coefficient (Wildman–Crippen LogP) is 2.87. The van der Waals surface area contributed by atoms with Crippen molar-refractivity contribution in [3.8, 4) is 0 Å². The van der Waals surface area contributed by atoms with Gasteiger partial charge in [0, 0.05) is 30.7 Å². The highest BCUT2D eigenvalue weighted by Gasteiger charge is 2.21. The fourth-order valence-corrected chi connectivity index (χ4v) is 3.94. The standard InChI is InChI=1S/C16H21N3S/c1-18(15-7-10-20-13-15)12-16-17-8-9-19(16)11-14-5-3-2-4-6-14/h2-6,8-9,15H,7,10-13H2,1H3/t15-/m1/s1. The zero-order valence-corrected chi connectivity index (χ0v) is 12.7. The third-order valence-electron chi connectivity index (χ3n) is 3.92. The Bertz CT molecular complexity index is 532. The molecule has 20 heavy (non-hydrogen) atoms. The number of rotatable bonds is 5. The Balaban J connectivity index is 1.67. The van der Waals surface area contributed by atoms with Gasteiger partial charge in [-0.05, 0) is 24.8 Å². The summed E-state index contributed by atoms with van der Waals surface area (Å²) in [6, 6.07) is 11.3. The molecule has 0 amide bonds. The maximum Gasteiger partial charge on any atom is 0.123 e. The van der Waals surface area contributed by atoms with Crippen molar-refractivity contribution in [1.82, 2.24) is 14.5 Å². The fraction of sp³-hybridized carbons (Fsp3) is 0.438. The lowest BCUT2D eigenvalue weighted by molar-refractivity contribution is 0.245. The van der Waals surface area contributed by atoms with Gasteiger partial charge in [-0.25, -0.2) is 4.98 Å². The number of hydrogen-bond acceptors (Lipinski definition) is 3. The zero-order chi connectivity index (χ0) is 13.8. The van der Waals surface area contributed by atoms with E-state index in [2.05, 4.69) is 69.8 Å². The lowest BCUT2D eigenvalue weighted by atomic mass is 10.2. The van der Waals surface area contributed by atoms with E-state index < -0.39 is 0 Å². The van der Waals surface area contributed by atoms with Crippen LogP contribution in [0.2, 0.25) is 0 Å². The molecule has 1 aliphatic rings. The summed E-state index contributed by atoms with van der Waals surface area (Å²) in [6.45, 7) is 1.84. The van der Waals surface area contributed by atoms with Crippen molar-refractivity contribution >= 4 is 11.8 Å². The Morgan fingerprint density at radius 1 is 1.35 bits per heavy atom. The van der Waals surface area contributed by atoms with Crippen LogP contribution in [0.5, 0.6) is 0 Å². The van der Waals surface area contributed by atoms with Crippen LogP contribution in [-0.2, 0) is 13.1 Å². The molecule has 0 radical (unpaired) electrons. The van der Waals surface area contributed by atoms with E-state index >= 15 is 0 Å². The van der Waals surface area contributed by atoms with Crippen molar-refractivity contribution in [2.45, 2.75) is 25.6 Å². The first-order valence-electron chi connectivity index (χ1n) is 7.15. The average molecular weight is 287 g/mol. The Kier molecular flexibility index (Phi) is 4.43. The second-order valence-corrected chi connectivity index (χ2v) is 6.54. The molecule has 1 atom stereocenters. The molecule has 3 rings (SSSR count). The summed E-state index contributed by atoms with van der Waals surface area (Å²) in [5, 5.41) is 0. The predicted molar refractivity (Wildman–Crippen MR) is 85.0 cm³/mol. The van der Waals surface area contributed by atoms with Gasteiger partial charge in [0.2, 0.25) is 0 Å². The third-order valence-corrected chi connectivity index (χ3v) is 5.06. The SMILES string of the molecule is CN(Cc1nccn1Cc1ccccc1)[C@@H]1CCSC1. The van der Waals surface area contributed by atoms with Crippen LogP contribution in [-0.4, -0.2) is 39.0 Å². The van der Waals surface area contributed by atoms with E-state index in [0.717, 1.165) is 18.9 Å². The van der Waals surface area contributed by atoms with Crippen molar-refractivity contribution in [2.75, 3.05) is 18.6 Å². The molecule has 4 heteroatoms. The first kappa shape index (κ1) is 13.7. The van der Waals surface area contributed by atoms with Gasteiger partial charge in [0.1, 0.15) is 5.82 Å². The summed E-state index contributed by atoms with van der Waals surface area (Å²) in [7, 11) is 2.22. The molecule has 0 saturated carbocycles. The second kappa shape index (κ2) is 6.46. The number of aromatic nitrogens is 2. The molecule has 3 nitrogen and oxygen atoms in total. The van der Waals surface area contributed by atoms with Crippen LogP contribution in [0, 0.1) is 0 Å². The van der Waals surface area contributed by atoms with Crippen molar-refractivity contribution < 1.29 is 0 Å². The average Bonchev–Trinajstić information content (AvgIpc) is 3.12. The van der Waals surface area contributed by atoms with Crippen LogP contribution in [0.4, 0.5) is 0 Å². The number of thioether (sulfide) groups is 1. The number of imidazole rings is 1. The monoisotopic (exact) mass is 287 g/mol. The fourth-order valence-electron chi connectivity index (χ4n) is 2.64. The summed E-state index contributed by atoms with van der Waals surface area (Å²) in [4.78, 5) is 6.99. The quantitative estimate of drug-likeness (QED) is 0.844. The number of nitrogens with zero attached hydrogens (tertiary/aromatic N) is 3. The zero-order valence-electron chi connectivity index (χ0n) is 11.9. The maximum absolute atomic E-state index is 4.54. The maximum atomic E-state index is 4.54. The Hall–Kier alpha value is -1.26. The van der Waals surface area contributed by atoms with Gasteiger partial charge in [-0.3, -0.25) is 4.90 Å². The van der Waals surface area contributed by atoms with E-state index in [0.29, 0.717) is 6.04 Å². The molecule has 0 aliphatic carbocycles. The van der Waals surface area contributed by atoms with Crippen molar-refractivity contribution in [3.63, 3.8) is 0 Å². The van der Waals surface area contributed by atoms with E-state index in [1.807, 2.05) is 6.20 Å². The summed E-state index contributed by atoms with van der Waals surface area (Å²) in [5.74, 6) is 3.72. The van der Waals surface area contributed by atoms with Crippen LogP contribution in [0.25, 0.3) is 0 Å². The highest BCUT2D eigenvalue weighted by Crippen LogP contribution is 2.22. The van der Waals surface area contributed by atoms with Crippen molar-refractivity contribution in [1.29, 1.82) is 0 Å². The van der Waals surface area contributed by atoms with Gasteiger partial charge in [-0.15, -0.1) is 0 Å². The van der Waals surface area contributed by atoms with Gasteiger partial charge in [-0.2, -0.15) is 11.8 Å². The molecule has 1 aromatic carbocycles. The molecule has 0 bridgehead atoms. The highest BCUT2D eigenvalue weighted by atomic mass is 32.2. The molecule has 2 heterocycles. The second-order valence-electron chi connectivity index (χ2n) is 5.39. The molecule has 1 aromatic heterocycles. The number of hydrogen-bond donors (Lipinski definition) is 0. The Morgan fingerprint density at radius 3 is 2.95 bits per heavy atom. The van der Waals surface area contributed by atoms with Crippen LogP contribution < -0.4 is 0 Å². The lowest BCUT2D eigenvalue weighted by Crippen LogP contribution is -2.32. The minimum Gasteiger partial charge on any atom is -0.329 e. The molecular weight excluding hydrogens is 266 g/mol. The molecule has 1 aliphatic heterocycles. The third kappa shape index (κ3) is 3.25. The largest absolute Gasteiger partial charge is 0.329 e. The topological polar surface area (TPSA) is 21.1 Å². The summed E-state index contributed by atoms with van der Waals surface area (Å²) in [5.41, 5.74) is 1.32. The van der Waals surface area contributed by atoms with Crippen LogP contribution in [0.1, 0.15) is 17.8 Å². The van der Waals surface area contributed by atoms with E-state index in [1.165, 1.54) is 23.5 Å². The number of benzene rings is 1. The molecule has 1 saturated heterocycles. The van der Waals surface area contributed by atoms with Gasteiger partial charge in [-0.1, -0.05) is 30.3 Å².